The van der Waals surface area contributed by atoms with E-state index < -0.39 is 0 Å². The third-order valence-corrected chi connectivity index (χ3v) is 4.60. The first-order valence-electron chi connectivity index (χ1n) is 9.02. The summed E-state index contributed by atoms with van der Waals surface area (Å²) in [7, 11) is 0. The SMILES string of the molecule is Cc1cc(C(=O)N2CCCC(c3ccccc3)C2)cnc1OC(C)C. The number of carbonyl (C=O) groups is 1. The van der Waals surface area contributed by atoms with Crippen molar-refractivity contribution < 1.29 is 9.53 Å². The maximum Gasteiger partial charge on any atom is 0.255 e. The predicted octanol–water partition coefficient (Wildman–Crippen LogP) is 4.20. The molecular formula is C21H26N2O2. The first kappa shape index (κ1) is 17.5. The number of hydrogen-bond acceptors (Lipinski definition) is 3. The Balaban J connectivity index is 1.73. The Morgan fingerprint density at radius 3 is 2.72 bits per heavy atom. The lowest BCUT2D eigenvalue weighted by Gasteiger charge is -2.33. The summed E-state index contributed by atoms with van der Waals surface area (Å²) in [5, 5.41) is 0. The number of ether oxygens (including phenoxy) is 1. The molecule has 1 atom stereocenters. The van der Waals surface area contributed by atoms with Gasteiger partial charge in [0.15, 0.2) is 0 Å². The van der Waals surface area contributed by atoms with Crippen LogP contribution in [0.3, 0.4) is 0 Å². The Morgan fingerprint density at radius 1 is 1.28 bits per heavy atom. The minimum absolute atomic E-state index is 0.0623. The highest BCUT2D eigenvalue weighted by molar-refractivity contribution is 5.94. The quantitative estimate of drug-likeness (QED) is 0.839. The van der Waals surface area contributed by atoms with Gasteiger partial charge in [-0.1, -0.05) is 30.3 Å². The number of amides is 1. The number of aryl methyl sites for hydroxylation is 1. The zero-order valence-electron chi connectivity index (χ0n) is 15.2. The van der Waals surface area contributed by atoms with Gasteiger partial charge in [-0.05, 0) is 45.2 Å². The largest absolute Gasteiger partial charge is 0.475 e. The average Bonchev–Trinajstić information content (AvgIpc) is 2.63. The molecule has 4 heteroatoms. The van der Waals surface area contributed by atoms with Crippen LogP contribution in [0.5, 0.6) is 5.88 Å². The second-order valence-electron chi connectivity index (χ2n) is 7.01. The number of piperidine rings is 1. The molecule has 1 aliphatic rings. The Kier molecular flexibility index (Phi) is 5.37. The number of benzene rings is 1. The van der Waals surface area contributed by atoms with Gasteiger partial charge in [-0.3, -0.25) is 4.79 Å². The molecule has 1 aliphatic heterocycles. The fourth-order valence-electron chi connectivity index (χ4n) is 3.37. The summed E-state index contributed by atoms with van der Waals surface area (Å²) in [5.74, 6) is 1.08. The molecule has 0 radical (unpaired) electrons. The topological polar surface area (TPSA) is 42.4 Å². The van der Waals surface area contributed by atoms with Gasteiger partial charge in [-0.15, -0.1) is 0 Å². The number of carbonyl (C=O) groups excluding carboxylic acids is 1. The van der Waals surface area contributed by atoms with Crippen LogP contribution in [0.2, 0.25) is 0 Å². The predicted molar refractivity (Wildman–Crippen MR) is 99.1 cm³/mol. The van der Waals surface area contributed by atoms with Crippen LogP contribution in [0.15, 0.2) is 42.6 Å². The molecule has 4 nitrogen and oxygen atoms in total. The Morgan fingerprint density at radius 2 is 2.04 bits per heavy atom. The molecule has 2 heterocycles. The molecule has 132 valence electrons. The molecule has 3 rings (SSSR count). The van der Waals surface area contributed by atoms with Crippen LogP contribution >= 0.6 is 0 Å². The van der Waals surface area contributed by atoms with E-state index in [0.29, 0.717) is 17.4 Å². The summed E-state index contributed by atoms with van der Waals surface area (Å²) in [4.78, 5) is 19.2. The van der Waals surface area contributed by atoms with E-state index in [1.54, 1.807) is 6.20 Å². The van der Waals surface area contributed by atoms with Crippen molar-refractivity contribution in [3.8, 4) is 5.88 Å². The maximum atomic E-state index is 12.9. The summed E-state index contributed by atoms with van der Waals surface area (Å²) in [6, 6.07) is 12.4. The molecule has 2 aromatic rings. The molecule has 0 saturated carbocycles. The van der Waals surface area contributed by atoms with E-state index in [9.17, 15) is 4.79 Å². The monoisotopic (exact) mass is 338 g/mol. The first-order valence-corrected chi connectivity index (χ1v) is 9.02. The van der Waals surface area contributed by atoms with Gasteiger partial charge in [0, 0.05) is 30.8 Å². The summed E-state index contributed by atoms with van der Waals surface area (Å²) in [5.41, 5.74) is 2.86. The fraction of sp³-hybridized carbons (Fsp3) is 0.429. The van der Waals surface area contributed by atoms with Crippen LogP contribution < -0.4 is 4.74 Å². The fourth-order valence-corrected chi connectivity index (χ4v) is 3.37. The van der Waals surface area contributed by atoms with E-state index in [1.807, 2.05) is 37.8 Å². The number of pyridine rings is 1. The van der Waals surface area contributed by atoms with Crippen molar-refractivity contribution in [2.45, 2.75) is 45.6 Å². The first-order chi connectivity index (χ1) is 12.0. The van der Waals surface area contributed by atoms with E-state index in [2.05, 4.69) is 29.2 Å². The highest BCUT2D eigenvalue weighted by atomic mass is 16.5. The van der Waals surface area contributed by atoms with Gasteiger partial charge >= 0.3 is 0 Å². The molecule has 1 fully saturated rings. The van der Waals surface area contributed by atoms with Gasteiger partial charge in [-0.25, -0.2) is 4.98 Å². The lowest BCUT2D eigenvalue weighted by molar-refractivity contribution is 0.0706. The molecule has 1 saturated heterocycles. The highest BCUT2D eigenvalue weighted by Gasteiger charge is 2.26. The molecule has 1 aromatic heterocycles. The molecular weight excluding hydrogens is 312 g/mol. The average molecular weight is 338 g/mol. The van der Waals surface area contributed by atoms with Crippen molar-refractivity contribution in [3.63, 3.8) is 0 Å². The van der Waals surface area contributed by atoms with E-state index in [-0.39, 0.29) is 12.0 Å². The summed E-state index contributed by atoms with van der Waals surface area (Å²) in [6.45, 7) is 7.46. The van der Waals surface area contributed by atoms with E-state index in [1.165, 1.54) is 5.56 Å². The molecule has 1 amide bonds. The Bertz CT molecular complexity index is 728. The van der Waals surface area contributed by atoms with E-state index in [0.717, 1.165) is 31.5 Å². The third kappa shape index (κ3) is 4.19. The van der Waals surface area contributed by atoms with Crippen molar-refractivity contribution in [2.24, 2.45) is 0 Å². The zero-order valence-corrected chi connectivity index (χ0v) is 15.2. The second-order valence-corrected chi connectivity index (χ2v) is 7.01. The van der Waals surface area contributed by atoms with Crippen molar-refractivity contribution in [1.82, 2.24) is 9.88 Å². The normalized spacial score (nSPS) is 17.6. The lowest BCUT2D eigenvalue weighted by atomic mass is 9.90. The molecule has 0 aliphatic carbocycles. The molecule has 1 aromatic carbocycles. The molecule has 0 bridgehead atoms. The van der Waals surface area contributed by atoms with E-state index in [4.69, 9.17) is 4.74 Å². The summed E-state index contributed by atoms with van der Waals surface area (Å²) in [6.07, 6.45) is 3.87. The van der Waals surface area contributed by atoms with Gasteiger partial charge < -0.3 is 9.64 Å². The van der Waals surface area contributed by atoms with Crippen LogP contribution in [0.1, 0.15) is 54.1 Å². The standard InChI is InChI=1S/C21H26N2O2/c1-15(2)25-20-16(3)12-19(13-22-20)21(24)23-11-7-10-18(14-23)17-8-5-4-6-9-17/h4-6,8-9,12-13,15,18H,7,10-11,14H2,1-3H3. The van der Waals surface area contributed by atoms with Crippen LogP contribution in [0.25, 0.3) is 0 Å². The Hall–Kier alpha value is -2.36. The summed E-state index contributed by atoms with van der Waals surface area (Å²) < 4.78 is 5.66. The van der Waals surface area contributed by atoms with Crippen LogP contribution in [-0.4, -0.2) is 35.0 Å². The third-order valence-electron chi connectivity index (χ3n) is 4.60. The van der Waals surface area contributed by atoms with Crippen molar-refractivity contribution in [3.05, 3.63) is 59.3 Å². The highest BCUT2D eigenvalue weighted by Crippen LogP contribution is 2.28. The minimum atomic E-state index is 0.0623. The van der Waals surface area contributed by atoms with Gasteiger partial charge in [0.05, 0.1) is 11.7 Å². The van der Waals surface area contributed by atoms with Crippen LogP contribution in [-0.2, 0) is 0 Å². The molecule has 0 N–H and O–H groups in total. The molecule has 1 unspecified atom stereocenters. The van der Waals surface area contributed by atoms with Crippen LogP contribution in [0.4, 0.5) is 0 Å². The second kappa shape index (κ2) is 7.68. The van der Waals surface area contributed by atoms with Crippen molar-refractivity contribution in [2.75, 3.05) is 13.1 Å². The van der Waals surface area contributed by atoms with Gasteiger partial charge in [0.25, 0.3) is 5.91 Å². The van der Waals surface area contributed by atoms with Gasteiger partial charge in [0.2, 0.25) is 5.88 Å². The van der Waals surface area contributed by atoms with Crippen molar-refractivity contribution in [1.29, 1.82) is 0 Å². The van der Waals surface area contributed by atoms with Crippen LogP contribution in [0, 0.1) is 6.92 Å². The van der Waals surface area contributed by atoms with Gasteiger partial charge in [-0.2, -0.15) is 0 Å². The molecule has 25 heavy (non-hydrogen) atoms. The zero-order chi connectivity index (χ0) is 17.8. The number of aromatic nitrogens is 1. The lowest BCUT2D eigenvalue weighted by Crippen LogP contribution is -2.39. The number of rotatable bonds is 4. The molecule has 0 spiro atoms. The van der Waals surface area contributed by atoms with Gasteiger partial charge in [0.1, 0.15) is 0 Å². The number of hydrogen-bond donors (Lipinski definition) is 0. The van der Waals surface area contributed by atoms with Crippen molar-refractivity contribution >= 4 is 5.91 Å². The number of likely N-dealkylation sites (tertiary alicyclic amines) is 1. The minimum Gasteiger partial charge on any atom is -0.475 e. The Labute approximate surface area is 149 Å². The number of nitrogens with zero attached hydrogens (tertiary/aromatic N) is 2. The maximum absolute atomic E-state index is 12.9. The summed E-state index contributed by atoms with van der Waals surface area (Å²) >= 11 is 0. The smallest absolute Gasteiger partial charge is 0.255 e. The van der Waals surface area contributed by atoms with E-state index >= 15 is 0 Å².